The topological polar surface area (TPSA) is 38.4 Å². The van der Waals surface area contributed by atoms with Crippen LogP contribution in [0.3, 0.4) is 0 Å². The molecule has 0 heterocycles. The molecule has 0 saturated carbocycles. The zero-order valence-electron chi connectivity index (χ0n) is 8.18. The summed E-state index contributed by atoms with van der Waals surface area (Å²) in [5.41, 5.74) is 6.74. The Kier molecular flexibility index (Phi) is 4.86. The van der Waals surface area contributed by atoms with Crippen LogP contribution in [0.15, 0.2) is 41.5 Å². The molecule has 0 saturated heterocycles. The Bertz CT molecular complexity index is 317. The van der Waals surface area contributed by atoms with Gasteiger partial charge in [0.2, 0.25) is 0 Å². The number of benzene rings is 1. The molecule has 0 aromatic heterocycles. The Hall–Kier alpha value is -1.22. The van der Waals surface area contributed by atoms with E-state index in [1.165, 1.54) is 0 Å². The third-order valence-corrected chi connectivity index (χ3v) is 2.25. The molecule has 0 atom stereocenters. The number of hydrogen-bond acceptors (Lipinski definition) is 2. The number of nitrogens with zero attached hydrogens (tertiary/aromatic N) is 1. The summed E-state index contributed by atoms with van der Waals surface area (Å²) in [6.45, 7) is 2.05. The van der Waals surface area contributed by atoms with Crippen molar-refractivity contribution >= 4 is 23.0 Å². The third-order valence-electron chi connectivity index (χ3n) is 1.56. The summed E-state index contributed by atoms with van der Waals surface area (Å²) >= 11 is 1.54. The summed E-state index contributed by atoms with van der Waals surface area (Å²) in [6.07, 6.45) is 3.66. The van der Waals surface area contributed by atoms with Gasteiger partial charge in [0.25, 0.3) is 0 Å². The highest BCUT2D eigenvalue weighted by Crippen LogP contribution is 2.02. The van der Waals surface area contributed by atoms with E-state index in [0.29, 0.717) is 5.17 Å². The van der Waals surface area contributed by atoms with Gasteiger partial charge in [-0.3, -0.25) is 0 Å². The van der Waals surface area contributed by atoms with Crippen molar-refractivity contribution < 1.29 is 0 Å². The quantitative estimate of drug-likeness (QED) is 0.610. The summed E-state index contributed by atoms with van der Waals surface area (Å²) in [7, 11) is 0. The molecule has 0 aliphatic carbocycles. The van der Waals surface area contributed by atoms with Gasteiger partial charge in [-0.15, -0.1) is 0 Å². The zero-order valence-corrected chi connectivity index (χ0v) is 9.00. The van der Waals surface area contributed by atoms with Crippen LogP contribution in [0.2, 0.25) is 0 Å². The van der Waals surface area contributed by atoms with Crippen molar-refractivity contribution in [2.24, 2.45) is 10.7 Å². The van der Waals surface area contributed by atoms with Crippen molar-refractivity contribution in [3.05, 3.63) is 42.1 Å². The SMILES string of the molecule is CCSC(N)=NC=Cc1ccccc1. The van der Waals surface area contributed by atoms with E-state index in [1.807, 2.05) is 43.3 Å². The number of thioether (sulfide) groups is 1. The summed E-state index contributed by atoms with van der Waals surface area (Å²) in [6, 6.07) is 10.0. The molecule has 14 heavy (non-hydrogen) atoms. The largest absolute Gasteiger partial charge is 0.378 e. The minimum atomic E-state index is 0.611. The molecule has 0 radical (unpaired) electrons. The van der Waals surface area contributed by atoms with E-state index in [-0.39, 0.29) is 0 Å². The van der Waals surface area contributed by atoms with Gasteiger partial charge in [-0.05, 0) is 17.4 Å². The molecule has 0 spiro atoms. The molecule has 0 aliphatic heterocycles. The predicted molar refractivity (Wildman–Crippen MR) is 65.2 cm³/mol. The van der Waals surface area contributed by atoms with Gasteiger partial charge in [-0.1, -0.05) is 49.0 Å². The molecular weight excluding hydrogens is 192 g/mol. The second-order valence-corrected chi connectivity index (χ2v) is 3.91. The maximum absolute atomic E-state index is 5.61. The van der Waals surface area contributed by atoms with E-state index < -0.39 is 0 Å². The molecular formula is C11H14N2S. The van der Waals surface area contributed by atoms with E-state index in [1.54, 1.807) is 18.0 Å². The Morgan fingerprint density at radius 2 is 2.14 bits per heavy atom. The molecule has 2 N–H and O–H groups in total. The van der Waals surface area contributed by atoms with Crippen LogP contribution < -0.4 is 5.73 Å². The van der Waals surface area contributed by atoms with Crippen LogP contribution in [0.5, 0.6) is 0 Å². The molecule has 3 heteroatoms. The molecule has 0 bridgehead atoms. The van der Waals surface area contributed by atoms with Gasteiger partial charge in [-0.2, -0.15) is 0 Å². The highest BCUT2D eigenvalue weighted by molar-refractivity contribution is 8.13. The predicted octanol–water partition coefficient (Wildman–Crippen LogP) is 2.73. The number of nitrogens with two attached hydrogens (primary N) is 1. The van der Waals surface area contributed by atoms with E-state index in [0.717, 1.165) is 11.3 Å². The fraction of sp³-hybridized carbons (Fsp3) is 0.182. The van der Waals surface area contributed by atoms with Gasteiger partial charge < -0.3 is 5.73 Å². The second-order valence-electron chi connectivity index (χ2n) is 2.63. The van der Waals surface area contributed by atoms with Crippen LogP contribution in [-0.2, 0) is 0 Å². The molecule has 1 aromatic carbocycles. The van der Waals surface area contributed by atoms with Gasteiger partial charge in [-0.25, -0.2) is 4.99 Å². The Balaban J connectivity index is 2.53. The normalized spacial score (nSPS) is 12.2. The van der Waals surface area contributed by atoms with Gasteiger partial charge in [0.1, 0.15) is 0 Å². The van der Waals surface area contributed by atoms with E-state index in [2.05, 4.69) is 4.99 Å². The van der Waals surface area contributed by atoms with Gasteiger partial charge in [0.05, 0.1) is 0 Å². The maximum Gasteiger partial charge on any atom is 0.158 e. The first kappa shape index (κ1) is 10.9. The smallest absolute Gasteiger partial charge is 0.158 e. The average Bonchev–Trinajstić information content (AvgIpc) is 2.20. The second kappa shape index (κ2) is 6.27. The van der Waals surface area contributed by atoms with Crippen LogP contribution in [0.25, 0.3) is 6.08 Å². The number of rotatable bonds is 3. The van der Waals surface area contributed by atoms with Crippen LogP contribution in [0.1, 0.15) is 12.5 Å². The lowest BCUT2D eigenvalue weighted by molar-refractivity contribution is 1.52. The van der Waals surface area contributed by atoms with Crippen molar-refractivity contribution in [2.45, 2.75) is 6.92 Å². The minimum absolute atomic E-state index is 0.611. The van der Waals surface area contributed by atoms with Crippen LogP contribution in [0, 0.1) is 0 Å². The molecule has 1 rings (SSSR count). The highest BCUT2D eigenvalue weighted by Gasteiger charge is 1.86. The number of aliphatic imine (C=N–C) groups is 1. The molecule has 74 valence electrons. The maximum atomic E-state index is 5.61. The van der Waals surface area contributed by atoms with Crippen molar-refractivity contribution in [1.29, 1.82) is 0 Å². The summed E-state index contributed by atoms with van der Waals surface area (Å²) in [4.78, 5) is 4.09. The van der Waals surface area contributed by atoms with E-state index in [4.69, 9.17) is 5.73 Å². The van der Waals surface area contributed by atoms with Gasteiger partial charge in [0.15, 0.2) is 5.17 Å². The van der Waals surface area contributed by atoms with E-state index >= 15 is 0 Å². The fourth-order valence-corrected chi connectivity index (χ4v) is 1.38. The fourth-order valence-electron chi connectivity index (χ4n) is 0.946. The zero-order chi connectivity index (χ0) is 10.2. The van der Waals surface area contributed by atoms with Crippen LogP contribution in [0.4, 0.5) is 0 Å². The lowest BCUT2D eigenvalue weighted by Gasteiger charge is -1.93. The van der Waals surface area contributed by atoms with Crippen molar-refractivity contribution in [3.8, 4) is 0 Å². The molecule has 0 amide bonds. The Labute approximate surface area is 88.9 Å². The first-order valence-electron chi connectivity index (χ1n) is 4.50. The first-order valence-corrected chi connectivity index (χ1v) is 5.49. The average molecular weight is 206 g/mol. The van der Waals surface area contributed by atoms with Crippen LogP contribution in [-0.4, -0.2) is 10.9 Å². The standard InChI is InChI=1S/C11H14N2S/c1-2-14-11(12)13-9-8-10-6-4-3-5-7-10/h3-9H,2H2,1H3,(H2,12,13). The molecule has 1 aromatic rings. The van der Waals surface area contributed by atoms with E-state index in [9.17, 15) is 0 Å². The summed E-state index contributed by atoms with van der Waals surface area (Å²) in [5.74, 6) is 0.953. The summed E-state index contributed by atoms with van der Waals surface area (Å²) in [5, 5.41) is 0.611. The molecule has 0 fully saturated rings. The first-order chi connectivity index (χ1) is 6.83. The molecule has 0 aliphatic rings. The third kappa shape index (κ3) is 4.14. The van der Waals surface area contributed by atoms with Crippen molar-refractivity contribution in [3.63, 3.8) is 0 Å². The van der Waals surface area contributed by atoms with Gasteiger partial charge >= 0.3 is 0 Å². The number of amidine groups is 1. The van der Waals surface area contributed by atoms with Gasteiger partial charge in [0, 0.05) is 6.20 Å². The Morgan fingerprint density at radius 3 is 2.79 bits per heavy atom. The number of hydrogen-bond donors (Lipinski definition) is 1. The highest BCUT2D eigenvalue weighted by atomic mass is 32.2. The minimum Gasteiger partial charge on any atom is -0.378 e. The van der Waals surface area contributed by atoms with Crippen LogP contribution >= 0.6 is 11.8 Å². The summed E-state index contributed by atoms with van der Waals surface area (Å²) < 4.78 is 0. The van der Waals surface area contributed by atoms with Crippen molar-refractivity contribution in [2.75, 3.05) is 5.75 Å². The monoisotopic (exact) mass is 206 g/mol. The molecule has 0 unspecified atom stereocenters. The Morgan fingerprint density at radius 1 is 1.43 bits per heavy atom. The van der Waals surface area contributed by atoms with Crippen molar-refractivity contribution in [1.82, 2.24) is 0 Å². The molecule has 2 nitrogen and oxygen atoms in total. The lowest BCUT2D eigenvalue weighted by Crippen LogP contribution is -2.05. The lowest BCUT2D eigenvalue weighted by atomic mass is 10.2.